The maximum Gasteiger partial charge on any atom is 0.331 e. The minimum Gasteiger partial charge on any atom is -0.479 e. The topological polar surface area (TPSA) is 73.7 Å². The third-order valence-electron chi connectivity index (χ3n) is 4.63. The third-order valence-corrected chi connectivity index (χ3v) is 4.63. The van der Waals surface area contributed by atoms with Crippen LogP contribution < -0.4 is 0 Å². The predicted molar refractivity (Wildman–Crippen MR) is 86.8 cm³/mol. The summed E-state index contributed by atoms with van der Waals surface area (Å²) >= 11 is 0. The number of aromatic nitrogens is 1. The summed E-state index contributed by atoms with van der Waals surface area (Å²) in [5, 5.41) is 9.49. The number of aliphatic carboxylic acids is 1. The molecule has 0 aliphatic carbocycles. The normalized spacial score (nSPS) is 17.7. The highest BCUT2D eigenvalue weighted by molar-refractivity contribution is 5.84. The van der Waals surface area contributed by atoms with Crippen LogP contribution in [-0.4, -0.2) is 58.4 Å². The van der Waals surface area contributed by atoms with E-state index in [1.807, 2.05) is 0 Å². The molecule has 1 fully saturated rings. The third kappa shape index (κ3) is 4.51. The summed E-state index contributed by atoms with van der Waals surface area (Å²) in [7, 11) is 1.56. The van der Waals surface area contributed by atoms with E-state index in [1.54, 1.807) is 25.4 Å². The van der Waals surface area contributed by atoms with Gasteiger partial charge < -0.3 is 14.9 Å². The van der Waals surface area contributed by atoms with Gasteiger partial charge in [0, 0.05) is 31.4 Å². The van der Waals surface area contributed by atoms with Gasteiger partial charge in [-0.05, 0) is 44.5 Å². The van der Waals surface area contributed by atoms with Crippen LogP contribution in [0, 0.1) is 5.92 Å². The van der Waals surface area contributed by atoms with E-state index in [0.29, 0.717) is 17.9 Å². The lowest BCUT2D eigenvalue weighted by Gasteiger charge is -2.32. The molecule has 6 nitrogen and oxygen atoms in total. The van der Waals surface area contributed by atoms with Crippen molar-refractivity contribution in [2.75, 3.05) is 26.7 Å². The van der Waals surface area contributed by atoms with Crippen LogP contribution in [0.3, 0.4) is 0 Å². The molecule has 1 aliphatic rings. The number of rotatable bonds is 6. The Kier molecular flexibility index (Phi) is 6.10. The first kappa shape index (κ1) is 17.4. The van der Waals surface area contributed by atoms with E-state index >= 15 is 0 Å². The minimum atomic E-state index is -1.03. The molecule has 23 heavy (non-hydrogen) atoms. The zero-order chi connectivity index (χ0) is 16.8. The minimum absolute atomic E-state index is 0.115. The molecule has 1 aromatic rings. The Morgan fingerprint density at radius 1 is 1.43 bits per heavy atom. The number of carbonyl (C=O) groups excluding carboxylic acids is 1. The predicted octanol–water partition coefficient (Wildman–Crippen LogP) is 1.79. The van der Waals surface area contributed by atoms with Gasteiger partial charge in [0.25, 0.3) is 0 Å². The van der Waals surface area contributed by atoms with Crippen molar-refractivity contribution >= 4 is 11.9 Å². The number of carbonyl (C=O) groups is 2. The average molecular weight is 319 g/mol. The van der Waals surface area contributed by atoms with Crippen molar-refractivity contribution in [3.05, 3.63) is 30.1 Å². The second-order valence-electron chi connectivity index (χ2n) is 6.11. The van der Waals surface area contributed by atoms with Crippen LogP contribution in [-0.2, 0) is 9.59 Å². The fraction of sp³-hybridized carbons (Fsp3) is 0.588. The second kappa shape index (κ2) is 8.06. The lowest BCUT2D eigenvalue weighted by atomic mass is 9.92. The number of likely N-dealkylation sites (tertiary alicyclic amines) is 1. The van der Waals surface area contributed by atoms with Crippen LogP contribution in [0.15, 0.2) is 24.5 Å². The van der Waals surface area contributed by atoms with E-state index in [-0.39, 0.29) is 5.91 Å². The van der Waals surface area contributed by atoms with Gasteiger partial charge in [-0.15, -0.1) is 0 Å². The van der Waals surface area contributed by atoms with E-state index in [1.165, 1.54) is 11.1 Å². The smallest absolute Gasteiger partial charge is 0.331 e. The summed E-state index contributed by atoms with van der Waals surface area (Å²) in [6.45, 7) is 5.22. The molecule has 6 heteroatoms. The molecule has 1 amide bonds. The molecular weight excluding hydrogens is 294 g/mol. The molecule has 2 rings (SSSR count). The first-order chi connectivity index (χ1) is 11.0. The van der Waals surface area contributed by atoms with Crippen molar-refractivity contribution in [2.24, 2.45) is 5.92 Å². The zero-order valence-electron chi connectivity index (χ0n) is 13.8. The molecule has 126 valence electrons. The number of hydrogen-bond acceptors (Lipinski definition) is 4. The number of nitrogens with zero attached hydrogens (tertiary/aromatic N) is 3. The second-order valence-corrected chi connectivity index (χ2v) is 6.11. The molecule has 0 radical (unpaired) electrons. The Hall–Kier alpha value is -1.95. The van der Waals surface area contributed by atoms with Crippen LogP contribution in [0.2, 0.25) is 0 Å². The molecule has 1 saturated heterocycles. The summed E-state index contributed by atoms with van der Waals surface area (Å²) in [4.78, 5) is 31.8. The van der Waals surface area contributed by atoms with Crippen molar-refractivity contribution in [1.82, 2.24) is 14.8 Å². The quantitative estimate of drug-likeness (QED) is 0.865. The molecule has 0 spiro atoms. The van der Waals surface area contributed by atoms with Gasteiger partial charge in [-0.2, -0.15) is 0 Å². The molecule has 0 bridgehead atoms. The lowest BCUT2D eigenvalue weighted by Crippen LogP contribution is -2.39. The van der Waals surface area contributed by atoms with Gasteiger partial charge in [-0.1, -0.05) is 13.0 Å². The number of amides is 1. The molecule has 1 unspecified atom stereocenters. The van der Waals surface area contributed by atoms with Crippen molar-refractivity contribution in [1.29, 1.82) is 0 Å². The largest absolute Gasteiger partial charge is 0.479 e. The highest BCUT2D eigenvalue weighted by Gasteiger charge is 2.30. The van der Waals surface area contributed by atoms with Crippen LogP contribution in [0.1, 0.15) is 37.8 Å². The molecule has 2 heterocycles. The van der Waals surface area contributed by atoms with E-state index in [0.717, 1.165) is 32.5 Å². The van der Waals surface area contributed by atoms with Crippen LogP contribution in [0.25, 0.3) is 0 Å². The van der Waals surface area contributed by atoms with E-state index in [2.05, 4.69) is 16.8 Å². The van der Waals surface area contributed by atoms with Crippen LogP contribution >= 0.6 is 0 Å². The van der Waals surface area contributed by atoms with Crippen molar-refractivity contribution in [3.63, 3.8) is 0 Å². The van der Waals surface area contributed by atoms with Gasteiger partial charge >= 0.3 is 5.97 Å². The van der Waals surface area contributed by atoms with Crippen molar-refractivity contribution < 1.29 is 14.7 Å². The molecule has 0 aromatic carbocycles. The number of hydrogen-bond donors (Lipinski definition) is 1. The molecule has 1 aliphatic heterocycles. The van der Waals surface area contributed by atoms with Gasteiger partial charge in [-0.3, -0.25) is 9.78 Å². The van der Waals surface area contributed by atoms with Crippen molar-refractivity contribution in [3.8, 4) is 0 Å². The maximum absolute atomic E-state index is 12.5. The van der Waals surface area contributed by atoms with Crippen molar-refractivity contribution in [2.45, 2.75) is 32.2 Å². The summed E-state index contributed by atoms with van der Waals surface area (Å²) in [6, 6.07) is 2.39. The molecule has 0 saturated carbocycles. The van der Waals surface area contributed by atoms with Gasteiger partial charge in [0.05, 0.1) is 0 Å². The number of piperidine rings is 1. The molecule has 1 atom stereocenters. The lowest BCUT2D eigenvalue weighted by molar-refractivity contribution is -0.149. The highest BCUT2D eigenvalue weighted by atomic mass is 16.4. The number of pyridine rings is 1. The summed E-state index contributed by atoms with van der Waals surface area (Å²) in [5.41, 5.74) is 0.525. The Bertz CT molecular complexity index is 527. The summed E-state index contributed by atoms with van der Waals surface area (Å²) in [6.07, 6.45) is 5.50. The van der Waals surface area contributed by atoms with E-state index < -0.39 is 12.0 Å². The summed E-state index contributed by atoms with van der Waals surface area (Å²) < 4.78 is 0. The monoisotopic (exact) mass is 319 g/mol. The Balaban J connectivity index is 1.99. The van der Waals surface area contributed by atoms with E-state index in [9.17, 15) is 14.7 Å². The van der Waals surface area contributed by atoms with Crippen LogP contribution in [0.4, 0.5) is 0 Å². The standard InChI is InChI=1S/C17H25N3O3/c1-3-20-9-6-13(7-10-20)11-15(21)19(2)16(17(22)23)14-5-4-8-18-12-14/h4-5,8,12-13,16H,3,6-7,9-11H2,1-2H3,(H,22,23). The fourth-order valence-electron chi connectivity index (χ4n) is 3.11. The molecule has 1 N–H and O–H groups in total. The number of carboxylic acids is 1. The molecule has 1 aromatic heterocycles. The van der Waals surface area contributed by atoms with Gasteiger partial charge in [0.15, 0.2) is 6.04 Å². The Labute approximate surface area is 137 Å². The van der Waals surface area contributed by atoms with Gasteiger partial charge in [0.2, 0.25) is 5.91 Å². The number of carboxylic acid groups (broad SMARTS) is 1. The first-order valence-electron chi connectivity index (χ1n) is 8.13. The maximum atomic E-state index is 12.5. The van der Waals surface area contributed by atoms with Gasteiger partial charge in [-0.25, -0.2) is 4.79 Å². The SMILES string of the molecule is CCN1CCC(CC(=O)N(C)C(C(=O)O)c2cccnc2)CC1. The average Bonchev–Trinajstić information content (AvgIpc) is 2.56. The highest BCUT2D eigenvalue weighted by Crippen LogP contribution is 2.24. The first-order valence-corrected chi connectivity index (χ1v) is 8.13. The fourth-order valence-corrected chi connectivity index (χ4v) is 3.11. The molecular formula is C17H25N3O3. The van der Waals surface area contributed by atoms with Crippen LogP contribution in [0.5, 0.6) is 0 Å². The zero-order valence-corrected chi connectivity index (χ0v) is 13.8. The number of likely N-dealkylation sites (N-methyl/N-ethyl adjacent to an activating group) is 1. The summed E-state index contributed by atoms with van der Waals surface area (Å²) in [5.74, 6) is -0.804. The Morgan fingerprint density at radius 2 is 2.13 bits per heavy atom. The Morgan fingerprint density at radius 3 is 2.65 bits per heavy atom. The van der Waals surface area contributed by atoms with Gasteiger partial charge in [0.1, 0.15) is 0 Å². The van der Waals surface area contributed by atoms with E-state index in [4.69, 9.17) is 0 Å².